The fraction of sp³-hybridized carbons (Fsp3) is 0.308. The molecule has 0 saturated heterocycles. The number of ether oxygens (including phenoxy) is 1. The summed E-state index contributed by atoms with van der Waals surface area (Å²) in [6.45, 7) is 1.99. The first kappa shape index (κ1) is 15.7. The van der Waals surface area contributed by atoms with Crippen LogP contribution in [0.25, 0.3) is 5.69 Å². The molecule has 0 bridgehead atoms. The summed E-state index contributed by atoms with van der Waals surface area (Å²) in [5.74, 6) is -0.271. The van der Waals surface area contributed by atoms with Crippen molar-refractivity contribution in [3.8, 4) is 5.69 Å². The number of nitrogens with zero attached hydrogens (tertiary/aromatic N) is 3. The monoisotopic (exact) mass is 331 g/mol. The lowest BCUT2D eigenvalue weighted by Gasteiger charge is -2.04. The van der Waals surface area contributed by atoms with Crippen molar-refractivity contribution < 1.29 is 13.9 Å². The van der Waals surface area contributed by atoms with Crippen molar-refractivity contribution in [2.24, 2.45) is 0 Å². The highest BCUT2D eigenvalue weighted by Crippen LogP contribution is 2.19. The predicted molar refractivity (Wildman–Crippen MR) is 76.2 cm³/mol. The molecule has 0 N–H and O–H groups in total. The standard InChI is InChI=1S/C13H12Cl2FN3O2/c1-2-21-13(20)6-11-17-12(7-14)19(18-11)8-3-4-9(15)10(16)5-8/h3-5H,2,6-7H2,1H3. The van der Waals surface area contributed by atoms with Crippen molar-refractivity contribution in [3.05, 3.63) is 40.7 Å². The van der Waals surface area contributed by atoms with E-state index in [2.05, 4.69) is 10.1 Å². The maximum Gasteiger partial charge on any atom is 0.313 e. The summed E-state index contributed by atoms with van der Waals surface area (Å²) in [7, 11) is 0. The lowest BCUT2D eigenvalue weighted by atomic mass is 10.3. The van der Waals surface area contributed by atoms with Gasteiger partial charge in [-0.05, 0) is 19.1 Å². The van der Waals surface area contributed by atoms with E-state index in [1.807, 2.05) is 0 Å². The molecule has 2 aromatic rings. The molecule has 0 aliphatic rings. The maximum atomic E-state index is 13.5. The van der Waals surface area contributed by atoms with Crippen molar-refractivity contribution in [3.63, 3.8) is 0 Å². The Labute approximate surface area is 130 Å². The van der Waals surface area contributed by atoms with Crippen molar-refractivity contribution in [1.82, 2.24) is 14.8 Å². The zero-order chi connectivity index (χ0) is 15.4. The van der Waals surface area contributed by atoms with E-state index in [1.54, 1.807) is 13.0 Å². The third-order valence-corrected chi connectivity index (χ3v) is 3.14. The van der Waals surface area contributed by atoms with Gasteiger partial charge in [0.15, 0.2) is 5.82 Å². The number of alkyl halides is 1. The highest BCUT2D eigenvalue weighted by atomic mass is 35.5. The largest absolute Gasteiger partial charge is 0.466 e. The average Bonchev–Trinajstić information content (AvgIpc) is 2.85. The first-order chi connectivity index (χ1) is 10.0. The number of hydrogen-bond acceptors (Lipinski definition) is 4. The molecule has 1 heterocycles. The Hall–Kier alpha value is -1.66. The Balaban J connectivity index is 2.32. The SMILES string of the molecule is CCOC(=O)Cc1nc(CCl)n(-c2ccc(Cl)c(F)c2)n1. The van der Waals surface area contributed by atoms with Crippen LogP contribution in [-0.4, -0.2) is 27.3 Å². The van der Waals surface area contributed by atoms with Crippen LogP contribution >= 0.6 is 23.2 Å². The number of rotatable bonds is 5. The number of carbonyl (C=O) groups excluding carboxylic acids is 1. The van der Waals surface area contributed by atoms with Gasteiger partial charge in [-0.25, -0.2) is 14.1 Å². The van der Waals surface area contributed by atoms with Crippen molar-refractivity contribution >= 4 is 29.2 Å². The van der Waals surface area contributed by atoms with Crippen LogP contribution < -0.4 is 0 Å². The van der Waals surface area contributed by atoms with Crippen molar-refractivity contribution in [1.29, 1.82) is 0 Å². The Morgan fingerprint density at radius 1 is 1.48 bits per heavy atom. The summed E-state index contributed by atoms with van der Waals surface area (Å²) in [6, 6.07) is 4.22. The van der Waals surface area contributed by atoms with E-state index < -0.39 is 11.8 Å². The summed E-state index contributed by atoms with van der Waals surface area (Å²) in [5.41, 5.74) is 0.426. The topological polar surface area (TPSA) is 57.0 Å². The number of hydrogen-bond donors (Lipinski definition) is 0. The Morgan fingerprint density at radius 3 is 2.86 bits per heavy atom. The van der Waals surface area contributed by atoms with Gasteiger partial charge in [-0.3, -0.25) is 4.79 Å². The molecule has 0 aliphatic carbocycles. The molecular weight excluding hydrogens is 320 g/mol. The minimum atomic E-state index is -0.572. The van der Waals surface area contributed by atoms with Gasteiger partial charge in [0.2, 0.25) is 0 Å². The van der Waals surface area contributed by atoms with Crippen LogP contribution in [0.2, 0.25) is 5.02 Å². The zero-order valence-corrected chi connectivity index (χ0v) is 12.7. The van der Waals surface area contributed by atoms with E-state index in [4.69, 9.17) is 27.9 Å². The third kappa shape index (κ3) is 3.71. The third-order valence-electron chi connectivity index (χ3n) is 2.59. The molecule has 5 nitrogen and oxygen atoms in total. The molecule has 0 saturated carbocycles. The van der Waals surface area contributed by atoms with Crippen LogP contribution in [-0.2, 0) is 21.8 Å². The van der Waals surface area contributed by atoms with Crippen LogP contribution in [0.4, 0.5) is 4.39 Å². The van der Waals surface area contributed by atoms with E-state index in [9.17, 15) is 9.18 Å². The lowest BCUT2D eigenvalue weighted by Crippen LogP contribution is -2.09. The summed E-state index contributed by atoms with van der Waals surface area (Å²) < 4.78 is 19.7. The minimum Gasteiger partial charge on any atom is -0.466 e. The number of esters is 1. The van der Waals surface area contributed by atoms with E-state index in [1.165, 1.54) is 16.8 Å². The van der Waals surface area contributed by atoms with E-state index >= 15 is 0 Å². The van der Waals surface area contributed by atoms with Gasteiger partial charge in [0.05, 0.1) is 23.2 Å². The molecule has 8 heteroatoms. The quantitative estimate of drug-likeness (QED) is 0.624. The predicted octanol–water partition coefficient (Wildman–Crippen LogP) is 2.90. The number of aromatic nitrogens is 3. The smallest absolute Gasteiger partial charge is 0.313 e. The molecule has 0 aliphatic heterocycles. The lowest BCUT2D eigenvalue weighted by molar-refractivity contribution is -0.142. The molecule has 1 aromatic carbocycles. The normalized spacial score (nSPS) is 10.7. The van der Waals surface area contributed by atoms with Gasteiger partial charge < -0.3 is 4.74 Å². The second-order valence-electron chi connectivity index (χ2n) is 4.07. The number of benzene rings is 1. The van der Waals surface area contributed by atoms with Crippen molar-refractivity contribution in [2.45, 2.75) is 19.2 Å². The molecule has 0 atom stereocenters. The molecule has 112 valence electrons. The molecule has 0 radical (unpaired) electrons. The molecule has 0 unspecified atom stereocenters. The van der Waals surface area contributed by atoms with Crippen LogP contribution in [0.5, 0.6) is 0 Å². The zero-order valence-electron chi connectivity index (χ0n) is 11.1. The molecule has 2 rings (SSSR count). The van der Waals surface area contributed by atoms with Gasteiger partial charge in [-0.1, -0.05) is 11.6 Å². The van der Waals surface area contributed by atoms with E-state index in [0.717, 1.165) is 0 Å². The Morgan fingerprint density at radius 2 is 2.24 bits per heavy atom. The van der Waals surface area contributed by atoms with Gasteiger partial charge in [0, 0.05) is 6.07 Å². The van der Waals surface area contributed by atoms with Gasteiger partial charge in [-0.2, -0.15) is 5.10 Å². The second-order valence-corrected chi connectivity index (χ2v) is 4.74. The fourth-order valence-electron chi connectivity index (χ4n) is 1.72. The summed E-state index contributed by atoms with van der Waals surface area (Å²) in [5, 5.41) is 4.17. The molecule has 0 amide bonds. The Bertz CT molecular complexity index is 661. The summed E-state index contributed by atoms with van der Waals surface area (Å²) in [6.07, 6.45) is -0.0687. The highest BCUT2D eigenvalue weighted by Gasteiger charge is 2.15. The van der Waals surface area contributed by atoms with Gasteiger partial charge in [0.1, 0.15) is 18.1 Å². The van der Waals surface area contributed by atoms with Crippen molar-refractivity contribution in [2.75, 3.05) is 6.61 Å². The number of carbonyl (C=O) groups is 1. The minimum absolute atomic E-state index is 0.0121. The number of halogens is 3. The van der Waals surface area contributed by atoms with Crippen LogP contribution in [0.3, 0.4) is 0 Å². The van der Waals surface area contributed by atoms with Gasteiger partial charge >= 0.3 is 5.97 Å². The highest BCUT2D eigenvalue weighted by molar-refractivity contribution is 6.30. The second kappa shape index (κ2) is 6.87. The van der Waals surface area contributed by atoms with Gasteiger partial charge in [-0.15, -0.1) is 11.6 Å². The summed E-state index contributed by atoms with van der Waals surface area (Å²) >= 11 is 11.4. The maximum absolute atomic E-state index is 13.5. The molecule has 0 fully saturated rings. The average molecular weight is 332 g/mol. The van der Waals surface area contributed by atoms with Crippen LogP contribution in [0.15, 0.2) is 18.2 Å². The molecule has 21 heavy (non-hydrogen) atoms. The van der Waals surface area contributed by atoms with Crippen LogP contribution in [0, 0.1) is 5.82 Å². The fourth-order valence-corrected chi connectivity index (χ4v) is 2.01. The molecule has 1 aromatic heterocycles. The van der Waals surface area contributed by atoms with E-state index in [-0.39, 0.29) is 29.8 Å². The molecular formula is C13H12Cl2FN3O2. The summed E-state index contributed by atoms with van der Waals surface area (Å²) in [4.78, 5) is 15.6. The molecule has 0 spiro atoms. The first-order valence-electron chi connectivity index (χ1n) is 6.17. The van der Waals surface area contributed by atoms with Gasteiger partial charge in [0.25, 0.3) is 0 Å². The Kier molecular flexibility index (Phi) is 5.14. The first-order valence-corrected chi connectivity index (χ1v) is 7.08. The van der Waals surface area contributed by atoms with E-state index in [0.29, 0.717) is 11.5 Å². The van der Waals surface area contributed by atoms with Crippen LogP contribution in [0.1, 0.15) is 18.6 Å².